The van der Waals surface area contributed by atoms with Gasteiger partial charge in [-0.2, -0.15) is 4.98 Å². The van der Waals surface area contributed by atoms with Crippen molar-refractivity contribution in [1.82, 2.24) is 19.7 Å². The molecule has 1 N–H and O–H groups in total. The third-order valence-corrected chi connectivity index (χ3v) is 8.39. The molecule has 0 spiro atoms. The molecule has 1 fully saturated rings. The monoisotopic (exact) mass is 629 g/mol. The molecule has 1 saturated heterocycles. The molecule has 0 saturated carbocycles. The summed E-state index contributed by atoms with van der Waals surface area (Å²) in [6.45, 7) is 3.96. The summed E-state index contributed by atoms with van der Waals surface area (Å²) in [4.78, 5) is 32.5. The van der Waals surface area contributed by atoms with Gasteiger partial charge in [0.25, 0.3) is 5.91 Å². The quantitative estimate of drug-likeness (QED) is 0.192. The number of rotatable bonds is 10. The number of benzene rings is 3. The molecule has 45 heavy (non-hydrogen) atoms. The van der Waals surface area contributed by atoms with Crippen LogP contribution in [0.2, 0.25) is 0 Å². The van der Waals surface area contributed by atoms with Gasteiger partial charge in [-0.05, 0) is 41.8 Å². The Morgan fingerprint density at radius 2 is 1.76 bits per heavy atom. The van der Waals surface area contributed by atoms with Gasteiger partial charge < -0.3 is 24.4 Å². The molecule has 1 aromatic heterocycles. The number of nitrogens with zero attached hydrogens (tertiary/aromatic N) is 4. The smallest absolute Gasteiger partial charge is 0.338 e. The number of thioether (sulfide) groups is 1. The first-order valence-corrected chi connectivity index (χ1v) is 15.5. The maximum absolute atomic E-state index is 14.2. The molecule has 0 bridgehead atoms. The van der Waals surface area contributed by atoms with Crippen molar-refractivity contribution in [2.45, 2.75) is 30.5 Å². The lowest BCUT2D eigenvalue weighted by Crippen LogP contribution is -2.42. The summed E-state index contributed by atoms with van der Waals surface area (Å²) >= 11 is 1.30. The summed E-state index contributed by atoms with van der Waals surface area (Å²) in [5, 5.41) is 8.35. The molecule has 2 aliphatic rings. The summed E-state index contributed by atoms with van der Waals surface area (Å²) < 4.78 is 32.8. The number of aromatic nitrogens is 3. The number of carbonyl (C=O) groups excluding carboxylic acids is 2. The minimum absolute atomic E-state index is 0.0847. The van der Waals surface area contributed by atoms with Crippen molar-refractivity contribution in [3.63, 3.8) is 0 Å². The van der Waals surface area contributed by atoms with E-state index in [4.69, 9.17) is 19.3 Å². The lowest BCUT2D eigenvalue weighted by Gasteiger charge is -2.28. The Balaban J connectivity index is 1.24. The average molecular weight is 630 g/mol. The molecule has 1 amide bonds. The number of nitrogens with one attached hydrogen (secondary N) is 1. The van der Waals surface area contributed by atoms with Crippen molar-refractivity contribution in [1.29, 1.82) is 0 Å². The zero-order valence-corrected chi connectivity index (χ0v) is 25.5. The number of morpholine rings is 1. The van der Waals surface area contributed by atoms with Crippen LogP contribution in [0.5, 0.6) is 5.75 Å². The highest BCUT2D eigenvalue weighted by Crippen LogP contribution is 2.38. The standard InChI is InChI=1S/C33H32FN5O5S/c1-22-29(31(41)44-19-23-7-3-2-4-8-23)30(24-11-13-26(14-12-24)43-20-28(40)38-15-17-42-18-16-38)39-32(35-22)36-33(37-39)45-21-25-9-5-6-10-27(25)34/h2-14,30H,15-21H2,1H3,(H,35,36,37). The van der Waals surface area contributed by atoms with Crippen molar-refractivity contribution >= 4 is 29.6 Å². The molecule has 12 heteroatoms. The number of hydrogen-bond acceptors (Lipinski definition) is 9. The zero-order valence-electron chi connectivity index (χ0n) is 24.6. The molecule has 0 aliphatic carbocycles. The molecule has 10 nitrogen and oxygen atoms in total. The SMILES string of the molecule is CC1=C(C(=O)OCc2ccccc2)C(c2ccc(OCC(=O)N3CCOCC3)cc2)n2nc(SCc3ccccc3F)nc2N1. The molecule has 3 heterocycles. The van der Waals surface area contributed by atoms with Gasteiger partial charge in [-0.25, -0.2) is 13.9 Å². The van der Waals surface area contributed by atoms with Gasteiger partial charge in [0.15, 0.2) is 6.61 Å². The Morgan fingerprint density at radius 1 is 1.02 bits per heavy atom. The van der Waals surface area contributed by atoms with Gasteiger partial charge in [0.1, 0.15) is 24.2 Å². The number of halogens is 1. The van der Waals surface area contributed by atoms with Gasteiger partial charge in [0.2, 0.25) is 11.1 Å². The normalized spacial score (nSPS) is 16.1. The highest BCUT2D eigenvalue weighted by molar-refractivity contribution is 7.98. The van der Waals surface area contributed by atoms with Crippen LogP contribution < -0.4 is 10.1 Å². The number of fused-ring (bicyclic) bond motifs is 1. The Labute approximate surface area is 264 Å². The average Bonchev–Trinajstić information content (AvgIpc) is 3.48. The Morgan fingerprint density at radius 3 is 2.51 bits per heavy atom. The van der Waals surface area contributed by atoms with Crippen LogP contribution in [0.1, 0.15) is 29.7 Å². The molecule has 2 aliphatic heterocycles. The highest BCUT2D eigenvalue weighted by atomic mass is 32.2. The fourth-order valence-electron chi connectivity index (χ4n) is 5.12. The Bertz CT molecular complexity index is 1690. The number of anilines is 1. The van der Waals surface area contributed by atoms with Crippen LogP contribution in [0.15, 0.2) is 95.3 Å². The lowest BCUT2D eigenvalue weighted by atomic mass is 9.95. The Hall–Kier alpha value is -4.68. The summed E-state index contributed by atoms with van der Waals surface area (Å²) in [6.07, 6.45) is 0. The summed E-state index contributed by atoms with van der Waals surface area (Å²) in [6, 6.07) is 22.6. The first kappa shape index (κ1) is 30.4. The zero-order chi connectivity index (χ0) is 31.2. The van der Waals surface area contributed by atoms with Gasteiger partial charge in [-0.15, -0.1) is 5.10 Å². The van der Waals surface area contributed by atoms with Crippen LogP contribution >= 0.6 is 11.8 Å². The molecule has 1 unspecified atom stereocenters. The van der Waals surface area contributed by atoms with E-state index in [0.29, 0.717) is 65.7 Å². The van der Waals surface area contributed by atoms with E-state index < -0.39 is 12.0 Å². The summed E-state index contributed by atoms with van der Waals surface area (Å²) in [7, 11) is 0. The van der Waals surface area contributed by atoms with Crippen LogP contribution in [0.25, 0.3) is 0 Å². The largest absolute Gasteiger partial charge is 0.484 e. The number of hydrogen-bond donors (Lipinski definition) is 1. The minimum atomic E-state index is -0.663. The number of esters is 1. The molecule has 3 aromatic carbocycles. The molecule has 0 radical (unpaired) electrons. The highest BCUT2D eigenvalue weighted by Gasteiger charge is 2.35. The second-order valence-corrected chi connectivity index (χ2v) is 11.5. The van der Waals surface area contributed by atoms with E-state index in [0.717, 1.165) is 11.1 Å². The maximum atomic E-state index is 14.2. The van der Waals surface area contributed by atoms with E-state index in [1.807, 2.05) is 42.5 Å². The number of carbonyl (C=O) groups is 2. The molecular formula is C33H32FN5O5S. The van der Waals surface area contributed by atoms with E-state index in [9.17, 15) is 14.0 Å². The first-order chi connectivity index (χ1) is 22.0. The van der Waals surface area contributed by atoms with Gasteiger partial charge in [-0.3, -0.25) is 4.79 Å². The van der Waals surface area contributed by atoms with Crippen LogP contribution in [-0.2, 0) is 31.4 Å². The number of amides is 1. The van der Waals surface area contributed by atoms with E-state index >= 15 is 0 Å². The fraction of sp³-hybridized carbons (Fsp3) is 0.273. The third kappa shape index (κ3) is 7.18. The van der Waals surface area contributed by atoms with Gasteiger partial charge in [-0.1, -0.05) is 72.4 Å². The summed E-state index contributed by atoms with van der Waals surface area (Å²) in [5.74, 6) is 0.420. The number of allylic oxidation sites excluding steroid dienone is 1. The Kier molecular flexibility index (Phi) is 9.41. The summed E-state index contributed by atoms with van der Waals surface area (Å²) in [5.41, 5.74) is 3.11. The van der Waals surface area contributed by atoms with Crippen LogP contribution in [0.3, 0.4) is 0 Å². The van der Waals surface area contributed by atoms with Crippen LogP contribution in [0.4, 0.5) is 10.3 Å². The van der Waals surface area contributed by atoms with Crippen molar-refractivity contribution in [2.24, 2.45) is 0 Å². The van der Waals surface area contributed by atoms with Gasteiger partial charge in [0.05, 0.1) is 18.8 Å². The van der Waals surface area contributed by atoms with Crippen LogP contribution in [0, 0.1) is 5.82 Å². The van der Waals surface area contributed by atoms with Crippen molar-refractivity contribution in [3.05, 3.63) is 113 Å². The van der Waals surface area contributed by atoms with Gasteiger partial charge >= 0.3 is 5.97 Å². The van der Waals surface area contributed by atoms with Crippen LogP contribution in [-0.4, -0.2) is 64.5 Å². The van der Waals surface area contributed by atoms with Crippen molar-refractivity contribution in [2.75, 3.05) is 38.2 Å². The van der Waals surface area contributed by atoms with E-state index in [2.05, 4.69) is 10.3 Å². The second kappa shape index (κ2) is 14.0. The first-order valence-electron chi connectivity index (χ1n) is 14.6. The molecular weight excluding hydrogens is 597 g/mol. The third-order valence-electron chi connectivity index (χ3n) is 7.50. The number of ether oxygens (including phenoxy) is 3. The molecule has 1 atom stereocenters. The second-order valence-electron chi connectivity index (χ2n) is 10.5. The molecule has 232 valence electrons. The van der Waals surface area contributed by atoms with Gasteiger partial charge in [0, 0.05) is 24.5 Å². The minimum Gasteiger partial charge on any atom is -0.484 e. The fourth-order valence-corrected chi connectivity index (χ4v) is 5.93. The molecule has 4 aromatic rings. The maximum Gasteiger partial charge on any atom is 0.338 e. The predicted molar refractivity (Wildman–Crippen MR) is 166 cm³/mol. The van der Waals surface area contributed by atoms with E-state index in [1.165, 1.54) is 17.8 Å². The predicted octanol–water partition coefficient (Wildman–Crippen LogP) is 4.98. The lowest BCUT2D eigenvalue weighted by molar-refractivity contribution is -0.141. The van der Waals surface area contributed by atoms with E-state index in [-0.39, 0.29) is 24.9 Å². The molecule has 6 rings (SSSR count). The van der Waals surface area contributed by atoms with E-state index in [1.54, 1.807) is 46.8 Å². The topological polar surface area (TPSA) is 108 Å². The van der Waals surface area contributed by atoms with Crippen molar-refractivity contribution < 1.29 is 28.2 Å². The van der Waals surface area contributed by atoms with Crippen molar-refractivity contribution in [3.8, 4) is 5.75 Å².